The lowest BCUT2D eigenvalue weighted by atomic mass is 9.79. The quantitative estimate of drug-likeness (QED) is 0.351. The molecule has 2 radical (unpaired) electrons. The maximum absolute atomic E-state index is 11.0. The van der Waals surface area contributed by atoms with Gasteiger partial charge in [0.1, 0.15) is 0 Å². The summed E-state index contributed by atoms with van der Waals surface area (Å²) in [7, 11) is 0. The van der Waals surface area contributed by atoms with E-state index < -0.39 is 0 Å². The molecule has 2 heteroatoms. The van der Waals surface area contributed by atoms with E-state index in [0.717, 1.165) is 19.3 Å². The van der Waals surface area contributed by atoms with Crippen molar-refractivity contribution in [1.29, 1.82) is 0 Å². The average Bonchev–Trinajstić information content (AvgIpc) is 2.46. The molecule has 0 N–H and O–H groups in total. The van der Waals surface area contributed by atoms with Gasteiger partial charge in [-0.25, -0.2) is 0 Å². The van der Waals surface area contributed by atoms with Crippen molar-refractivity contribution in [1.82, 2.24) is 0 Å². The second-order valence-electron chi connectivity index (χ2n) is 7.61. The third kappa shape index (κ3) is 13.0. The van der Waals surface area contributed by atoms with Crippen molar-refractivity contribution in [2.45, 2.75) is 104 Å². The Morgan fingerprint density at radius 1 is 0.682 bits per heavy atom. The van der Waals surface area contributed by atoms with Gasteiger partial charge in [-0.1, -0.05) is 85.0 Å². The molecule has 1 unspecified atom stereocenters. The molecule has 0 aliphatic rings. The minimum absolute atomic E-state index is 0.0610. The minimum atomic E-state index is 0.0610. The molecule has 0 aliphatic carbocycles. The monoisotopic (exact) mass is 308 g/mol. The van der Waals surface area contributed by atoms with Gasteiger partial charge in [-0.05, 0) is 18.3 Å². The fourth-order valence-corrected chi connectivity index (χ4v) is 2.81. The largest absolute Gasteiger partial charge is 0.291 e. The molecule has 0 fully saturated rings. The van der Waals surface area contributed by atoms with Crippen molar-refractivity contribution in [2.24, 2.45) is 11.3 Å². The molecule has 0 aliphatic heterocycles. The highest BCUT2D eigenvalue weighted by molar-refractivity contribution is 5.55. The number of hydrogen-bond acceptors (Lipinski definition) is 2. The molecule has 0 aromatic rings. The van der Waals surface area contributed by atoms with Crippen LogP contribution >= 0.6 is 0 Å². The van der Waals surface area contributed by atoms with Crippen LogP contribution in [0.25, 0.3) is 0 Å². The van der Waals surface area contributed by atoms with Crippen molar-refractivity contribution < 1.29 is 9.59 Å². The van der Waals surface area contributed by atoms with Crippen LogP contribution in [0.4, 0.5) is 0 Å². The summed E-state index contributed by atoms with van der Waals surface area (Å²) in [5.41, 5.74) is 0.0610. The first-order valence-corrected chi connectivity index (χ1v) is 9.25. The van der Waals surface area contributed by atoms with Gasteiger partial charge >= 0.3 is 0 Å². The van der Waals surface area contributed by atoms with Crippen LogP contribution in [-0.2, 0) is 9.59 Å². The van der Waals surface area contributed by atoms with Gasteiger partial charge in [0.15, 0.2) is 6.29 Å². The van der Waals surface area contributed by atoms with Gasteiger partial charge in [0.2, 0.25) is 6.29 Å². The van der Waals surface area contributed by atoms with Crippen molar-refractivity contribution in [3.05, 3.63) is 0 Å². The van der Waals surface area contributed by atoms with Gasteiger partial charge in [-0.3, -0.25) is 9.59 Å². The summed E-state index contributed by atoms with van der Waals surface area (Å²) in [6.07, 6.45) is 19.6. The summed E-state index contributed by atoms with van der Waals surface area (Å²) in [4.78, 5) is 21.0. The molecular formula is C20H36O2. The summed E-state index contributed by atoms with van der Waals surface area (Å²) < 4.78 is 0. The zero-order valence-electron chi connectivity index (χ0n) is 15.1. The van der Waals surface area contributed by atoms with Crippen molar-refractivity contribution in [2.75, 3.05) is 0 Å². The Balaban J connectivity index is 3.27. The molecule has 0 bridgehead atoms. The Morgan fingerprint density at radius 2 is 1.09 bits per heavy atom. The Morgan fingerprint density at radius 3 is 1.45 bits per heavy atom. The second kappa shape index (κ2) is 14.0. The molecule has 0 saturated carbocycles. The first-order valence-electron chi connectivity index (χ1n) is 9.25. The van der Waals surface area contributed by atoms with E-state index in [-0.39, 0.29) is 11.3 Å². The van der Waals surface area contributed by atoms with Gasteiger partial charge in [0.05, 0.1) is 0 Å². The molecule has 128 valence electrons. The number of unbranched alkanes of at least 4 members (excludes halogenated alkanes) is 11. The van der Waals surface area contributed by atoms with Crippen LogP contribution in [0.15, 0.2) is 0 Å². The summed E-state index contributed by atoms with van der Waals surface area (Å²) in [6.45, 7) is 6.37. The van der Waals surface area contributed by atoms with Crippen LogP contribution in [0, 0.1) is 11.3 Å². The van der Waals surface area contributed by atoms with Crippen molar-refractivity contribution >= 4 is 12.6 Å². The zero-order valence-corrected chi connectivity index (χ0v) is 15.1. The van der Waals surface area contributed by atoms with E-state index in [4.69, 9.17) is 0 Å². The molecule has 0 heterocycles. The predicted molar refractivity (Wildman–Crippen MR) is 94.4 cm³/mol. The maximum Gasteiger partial charge on any atom is 0.202 e. The Labute approximate surface area is 138 Å². The van der Waals surface area contributed by atoms with E-state index in [1.807, 2.05) is 6.29 Å². The van der Waals surface area contributed by atoms with E-state index >= 15 is 0 Å². The molecule has 0 aromatic carbocycles. The van der Waals surface area contributed by atoms with E-state index in [2.05, 4.69) is 27.1 Å². The first kappa shape index (κ1) is 21.3. The highest BCUT2D eigenvalue weighted by Gasteiger charge is 2.23. The highest BCUT2D eigenvalue weighted by Crippen LogP contribution is 2.28. The van der Waals surface area contributed by atoms with Crippen LogP contribution in [0.1, 0.15) is 104 Å². The van der Waals surface area contributed by atoms with Crippen molar-refractivity contribution in [3.8, 4) is 0 Å². The van der Waals surface area contributed by atoms with Gasteiger partial charge in [0.25, 0.3) is 0 Å². The highest BCUT2D eigenvalue weighted by atomic mass is 16.1. The van der Waals surface area contributed by atoms with Crippen LogP contribution in [0.3, 0.4) is 0 Å². The number of rotatable bonds is 15. The number of carbonyl (C=O) groups excluding carboxylic acids is 2. The van der Waals surface area contributed by atoms with Crippen molar-refractivity contribution in [3.63, 3.8) is 0 Å². The third-order valence-corrected chi connectivity index (χ3v) is 4.46. The molecule has 22 heavy (non-hydrogen) atoms. The van der Waals surface area contributed by atoms with E-state index in [0.29, 0.717) is 6.42 Å². The van der Waals surface area contributed by atoms with E-state index in [9.17, 15) is 9.59 Å². The first-order chi connectivity index (χ1) is 10.5. The zero-order chi connectivity index (χ0) is 16.7. The second-order valence-corrected chi connectivity index (χ2v) is 7.61. The predicted octanol–water partition coefficient (Wildman–Crippen LogP) is 5.94. The summed E-state index contributed by atoms with van der Waals surface area (Å²) >= 11 is 0. The lowest BCUT2D eigenvalue weighted by molar-refractivity contribution is 0.281. The molecule has 0 amide bonds. The maximum atomic E-state index is 11.0. The van der Waals surface area contributed by atoms with Gasteiger partial charge in [0, 0.05) is 12.3 Å². The number of hydrogen-bond donors (Lipinski definition) is 0. The van der Waals surface area contributed by atoms with Gasteiger partial charge in [-0.2, -0.15) is 0 Å². The van der Waals surface area contributed by atoms with Crippen LogP contribution in [-0.4, -0.2) is 12.6 Å². The third-order valence-electron chi connectivity index (χ3n) is 4.46. The fourth-order valence-electron chi connectivity index (χ4n) is 2.81. The van der Waals surface area contributed by atoms with Crippen LogP contribution < -0.4 is 0 Å². The standard InChI is InChI=1S/C20H36O2/c1-20(2,3)19(18-22)16-14-12-10-8-6-4-5-7-9-11-13-15-17-21/h19H,4-16H2,1-3H3. The summed E-state index contributed by atoms with van der Waals surface area (Å²) in [5.74, 6) is 0.0873. The molecule has 0 spiro atoms. The van der Waals surface area contributed by atoms with Crippen LogP contribution in [0.2, 0.25) is 0 Å². The SMILES string of the molecule is CC(C)(C)C([C]=O)CCCCCCCCCCCCC[C]=O. The molecule has 0 rings (SSSR count). The van der Waals surface area contributed by atoms with E-state index in [1.54, 1.807) is 0 Å². The smallest absolute Gasteiger partial charge is 0.202 e. The average molecular weight is 309 g/mol. The lowest BCUT2D eigenvalue weighted by Crippen LogP contribution is -2.21. The van der Waals surface area contributed by atoms with Crippen LogP contribution in [0.5, 0.6) is 0 Å². The molecule has 2 nitrogen and oxygen atoms in total. The molecule has 0 aromatic heterocycles. The Bertz CT molecular complexity index is 265. The Kier molecular flexibility index (Phi) is 13.5. The Hall–Kier alpha value is -0.660. The summed E-state index contributed by atoms with van der Waals surface area (Å²) in [6, 6.07) is 0. The molecular weight excluding hydrogens is 272 g/mol. The fraction of sp³-hybridized carbons (Fsp3) is 0.900. The summed E-state index contributed by atoms with van der Waals surface area (Å²) in [5, 5.41) is 0. The topological polar surface area (TPSA) is 34.1 Å². The minimum Gasteiger partial charge on any atom is -0.291 e. The van der Waals surface area contributed by atoms with E-state index in [1.165, 1.54) is 57.8 Å². The molecule has 1 atom stereocenters. The van der Waals surface area contributed by atoms with Gasteiger partial charge < -0.3 is 0 Å². The normalized spacial score (nSPS) is 13.0. The molecule has 0 saturated heterocycles. The lowest BCUT2D eigenvalue weighted by Gasteiger charge is -2.25. The van der Waals surface area contributed by atoms with Gasteiger partial charge in [-0.15, -0.1) is 0 Å².